The number of anilines is 3. The van der Waals surface area contributed by atoms with Gasteiger partial charge in [-0.1, -0.05) is 13.8 Å². The zero-order valence-electron chi connectivity index (χ0n) is 19.9. The molecule has 0 saturated carbocycles. The highest BCUT2D eigenvalue weighted by Gasteiger charge is 2.38. The third kappa shape index (κ3) is 4.75. The quantitative estimate of drug-likeness (QED) is 0.633. The molecule has 11 heteroatoms. The smallest absolute Gasteiger partial charge is 0.245 e. The van der Waals surface area contributed by atoms with Gasteiger partial charge in [0.25, 0.3) is 0 Å². The highest BCUT2D eigenvalue weighted by molar-refractivity contribution is 7.91. The van der Waals surface area contributed by atoms with E-state index in [1.54, 1.807) is 4.90 Å². The molecule has 2 N–H and O–H groups in total. The normalized spacial score (nSPS) is 21.8. The lowest BCUT2D eigenvalue weighted by atomic mass is 10.1. The number of imidazole rings is 1. The van der Waals surface area contributed by atoms with Crippen molar-refractivity contribution in [3.05, 3.63) is 23.1 Å². The van der Waals surface area contributed by atoms with Crippen LogP contribution < -0.4 is 10.2 Å². The van der Waals surface area contributed by atoms with Gasteiger partial charge >= 0.3 is 0 Å². The highest BCUT2D eigenvalue weighted by Crippen LogP contribution is 2.32. The molecule has 4 heterocycles. The number of rotatable bonds is 6. The van der Waals surface area contributed by atoms with E-state index in [1.807, 2.05) is 11.1 Å². The molecule has 1 unspecified atom stereocenters. The molecular formula is C23H33N7O3S. The lowest BCUT2D eigenvalue weighted by Gasteiger charge is -2.32. The molecule has 34 heavy (non-hydrogen) atoms. The Bertz CT molecular complexity index is 1160. The number of nitrogens with one attached hydrogen (secondary N) is 2. The van der Waals surface area contributed by atoms with Gasteiger partial charge in [0.15, 0.2) is 9.84 Å². The number of sulfone groups is 1. The van der Waals surface area contributed by atoms with Crippen LogP contribution >= 0.6 is 0 Å². The molecule has 0 radical (unpaired) electrons. The maximum Gasteiger partial charge on any atom is 0.245 e. The first-order valence-corrected chi connectivity index (χ1v) is 14.1. The van der Waals surface area contributed by atoms with Crippen LogP contribution in [0.15, 0.2) is 6.20 Å². The summed E-state index contributed by atoms with van der Waals surface area (Å²) < 4.78 is 23.6. The number of amides is 1. The molecular weight excluding hydrogens is 454 g/mol. The summed E-state index contributed by atoms with van der Waals surface area (Å²) in [4.78, 5) is 34.5. The Kier molecular flexibility index (Phi) is 6.22. The summed E-state index contributed by atoms with van der Waals surface area (Å²) in [7, 11) is -3.04. The van der Waals surface area contributed by atoms with Crippen molar-refractivity contribution in [2.45, 2.75) is 58.4 Å². The van der Waals surface area contributed by atoms with E-state index in [4.69, 9.17) is 9.97 Å². The van der Waals surface area contributed by atoms with E-state index < -0.39 is 9.84 Å². The van der Waals surface area contributed by atoms with Gasteiger partial charge in [-0.05, 0) is 44.4 Å². The van der Waals surface area contributed by atoms with Crippen LogP contribution in [0.3, 0.4) is 0 Å². The summed E-state index contributed by atoms with van der Waals surface area (Å²) in [5.41, 5.74) is 3.23. The summed E-state index contributed by atoms with van der Waals surface area (Å²) in [6, 6.07) is -0.352. The second-order valence-corrected chi connectivity index (χ2v) is 12.3. The minimum absolute atomic E-state index is 0.0182. The zero-order valence-corrected chi connectivity index (χ0v) is 20.7. The van der Waals surface area contributed by atoms with E-state index in [0.717, 1.165) is 61.3 Å². The topological polar surface area (TPSA) is 124 Å². The van der Waals surface area contributed by atoms with Gasteiger partial charge in [0.1, 0.15) is 11.9 Å². The van der Waals surface area contributed by atoms with Crippen LogP contribution in [0.4, 0.5) is 17.7 Å². The molecule has 0 bridgehead atoms. The molecule has 2 aliphatic heterocycles. The van der Waals surface area contributed by atoms with Crippen LogP contribution in [-0.4, -0.2) is 76.3 Å². The molecule has 5 rings (SSSR count). The minimum Gasteiger partial charge on any atom is -0.339 e. The fourth-order valence-electron chi connectivity index (χ4n) is 5.14. The Balaban J connectivity index is 1.38. The predicted octanol–water partition coefficient (Wildman–Crippen LogP) is 1.86. The van der Waals surface area contributed by atoms with Crippen LogP contribution in [0.25, 0.3) is 0 Å². The first-order valence-electron chi connectivity index (χ1n) is 12.3. The molecule has 10 nitrogen and oxygen atoms in total. The lowest BCUT2D eigenvalue weighted by Crippen LogP contribution is -2.51. The molecule has 2 saturated heterocycles. The largest absolute Gasteiger partial charge is 0.339 e. The maximum absolute atomic E-state index is 13.3. The van der Waals surface area contributed by atoms with Crippen LogP contribution in [0.5, 0.6) is 0 Å². The van der Waals surface area contributed by atoms with Crippen LogP contribution in [0.1, 0.15) is 50.1 Å². The summed E-state index contributed by atoms with van der Waals surface area (Å²) in [5, 5.41) is 3.37. The SMILES string of the molecule is CC(C)Cc1cnc(Nc2nc(N3CCCC3C(=O)N3CCS(=O)(=O)CC3)nc3c2CCC3)[nH]1. The summed E-state index contributed by atoms with van der Waals surface area (Å²) in [6.07, 6.45) is 7.23. The predicted molar refractivity (Wildman–Crippen MR) is 130 cm³/mol. The molecule has 1 aliphatic carbocycles. The Morgan fingerprint density at radius 1 is 1.18 bits per heavy atom. The fourth-order valence-corrected chi connectivity index (χ4v) is 6.34. The van der Waals surface area contributed by atoms with E-state index >= 15 is 0 Å². The summed E-state index contributed by atoms with van der Waals surface area (Å²) in [6.45, 7) is 5.59. The third-order valence-corrected chi connectivity index (χ3v) is 8.47. The van der Waals surface area contributed by atoms with Crippen molar-refractivity contribution in [1.29, 1.82) is 0 Å². The molecule has 184 valence electrons. The summed E-state index contributed by atoms with van der Waals surface area (Å²) >= 11 is 0. The van der Waals surface area contributed by atoms with Crippen LogP contribution in [0, 0.1) is 5.92 Å². The molecule has 3 aliphatic rings. The fraction of sp³-hybridized carbons (Fsp3) is 0.652. The van der Waals surface area contributed by atoms with E-state index in [9.17, 15) is 13.2 Å². The van der Waals surface area contributed by atoms with Gasteiger partial charge in [0.05, 0.1) is 23.4 Å². The van der Waals surface area contributed by atoms with Crippen molar-refractivity contribution < 1.29 is 13.2 Å². The Labute approximate surface area is 200 Å². The number of fused-ring (bicyclic) bond motifs is 1. The van der Waals surface area contributed by atoms with Gasteiger partial charge in [-0.3, -0.25) is 4.79 Å². The number of H-pyrrole nitrogens is 1. The molecule has 1 amide bonds. The molecule has 2 fully saturated rings. The number of aromatic nitrogens is 4. The first kappa shape index (κ1) is 23.1. The van der Waals surface area contributed by atoms with Crippen molar-refractivity contribution in [2.24, 2.45) is 5.92 Å². The highest BCUT2D eigenvalue weighted by atomic mass is 32.2. The molecule has 1 atom stereocenters. The van der Waals surface area contributed by atoms with Crippen molar-refractivity contribution in [3.8, 4) is 0 Å². The number of carbonyl (C=O) groups excluding carboxylic acids is 1. The third-order valence-electron chi connectivity index (χ3n) is 6.87. The molecule has 2 aromatic heterocycles. The van der Waals surface area contributed by atoms with Crippen molar-refractivity contribution in [3.63, 3.8) is 0 Å². The monoisotopic (exact) mass is 487 g/mol. The minimum atomic E-state index is -3.04. The Morgan fingerprint density at radius 2 is 1.97 bits per heavy atom. The maximum atomic E-state index is 13.3. The number of nitrogens with zero attached hydrogens (tertiary/aromatic N) is 5. The lowest BCUT2D eigenvalue weighted by molar-refractivity contribution is -0.132. The van der Waals surface area contributed by atoms with Gasteiger partial charge in [-0.15, -0.1) is 0 Å². The van der Waals surface area contributed by atoms with Crippen molar-refractivity contribution in [2.75, 3.05) is 41.4 Å². The second-order valence-electron chi connectivity index (χ2n) is 9.96. The van der Waals surface area contributed by atoms with Crippen LogP contribution in [0.2, 0.25) is 0 Å². The van der Waals surface area contributed by atoms with Gasteiger partial charge in [-0.2, -0.15) is 4.98 Å². The average Bonchev–Trinajstić information content (AvgIpc) is 3.53. The van der Waals surface area contributed by atoms with Gasteiger partial charge in [0.2, 0.25) is 17.8 Å². The Hall–Kier alpha value is -2.69. The second kappa shape index (κ2) is 9.16. The molecule has 0 spiro atoms. The van der Waals surface area contributed by atoms with Crippen LogP contribution in [-0.2, 0) is 33.9 Å². The van der Waals surface area contributed by atoms with Crippen molar-refractivity contribution in [1.82, 2.24) is 24.8 Å². The van der Waals surface area contributed by atoms with E-state index in [-0.39, 0.29) is 36.5 Å². The van der Waals surface area contributed by atoms with Gasteiger partial charge < -0.3 is 20.1 Å². The number of aryl methyl sites for hydroxylation is 1. The summed E-state index contributed by atoms with van der Waals surface area (Å²) in [5.74, 6) is 2.58. The Morgan fingerprint density at radius 3 is 2.74 bits per heavy atom. The number of carbonyl (C=O) groups is 1. The number of hydrogen-bond donors (Lipinski definition) is 2. The first-order chi connectivity index (χ1) is 16.3. The zero-order chi connectivity index (χ0) is 23.9. The van der Waals surface area contributed by atoms with E-state index in [2.05, 4.69) is 29.1 Å². The average molecular weight is 488 g/mol. The number of aromatic amines is 1. The van der Waals surface area contributed by atoms with Gasteiger partial charge in [0, 0.05) is 30.9 Å². The van der Waals surface area contributed by atoms with E-state index in [0.29, 0.717) is 24.4 Å². The van der Waals surface area contributed by atoms with Crippen molar-refractivity contribution >= 4 is 33.5 Å². The van der Waals surface area contributed by atoms with Gasteiger partial charge in [-0.25, -0.2) is 18.4 Å². The number of hydrogen-bond acceptors (Lipinski definition) is 8. The molecule has 2 aromatic rings. The van der Waals surface area contributed by atoms with E-state index in [1.165, 1.54) is 0 Å². The molecule has 0 aromatic carbocycles. The standard InChI is InChI=1S/C23H33N7O3S/c1-15(2)13-16-14-24-22(25-16)27-20-17-5-3-6-18(17)26-23(28-20)30-8-4-7-19(30)21(31)29-9-11-34(32,33)12-10-29/h14-15,19H,3-13H2,1-2H3,(H2,24,25,26,27,28).